The number of rotatable bonds is 13. The molecule has 1 atom stereocenters. The third kappa shape index (κ3) is 15.0. The summed E-state index contributed by atoms with van der Waals surface area (Å²) >= 11 is 0. The van der Waals surface area contributed by atoms with E-state index in [1.165, 1.54) is 26.4 Å². The van der Waals surface area contributed by atoms with Gasteiger partial charge in [-0.2, -0.15) is 0 Å². The summed E-state index contributed by atoms with van der Waals surface area (Å²) in [4.78, 5) is 10.9. The Kier molecular flexibility index (Phi) is 15.0. The number of aliphatic hydroxyl groups is 1. The van der Waals surface area contributed by atoms with E-state index in [0.717, 1.165) is 25.7 Å². The summed E-state index contributed by atoms with van der Waals surface area (Å²) in [6.07, 6.45) is 20.4. The average molecular weight is 308 g/mol. The maximum atomic E-state index is 10.9. The molecule has 1 unspecified atom stereocenters. The van der Waals surface area contributed by atoms with E-state index < -0.39 is 0 Å². The van der Waals surface area contributed by atoms with Crippen molar-refractivity contribution in [2.24, 2.45) is 0 Å². The molecule has 0 saturated carbocycles. The summed E-state index contributed by atoms with van der Waals surface area (Å²) in [5.74, 6) is -0.109. The third-order valence-corrected chi connectivity index (χ3v) is 3.34. The van der Waals surface area contributed by atoms with Crippen LogP contribution in [0, 0.1) is 0 Å². The Balaban J connectivity index is 3.43. The lowest BCUT2D eigenvalue weighted by molar-refractivity contribution is -0.140. The molecule has 0 aromatic carbocycles. The molecule has 0 aliphatic rings. The molecule has 0 saturated heterocycles. The molecule has 0 aliphatic heterocycles. The first kappa shape index (κ1) is 20.6. The molecule has 3 nitrogen and oxygen atoms in total. The van der Waals surface area contributed by atoms with Gasteiger partial charge in [0.05, 0.1) is 13.2 Å². The van der Waals surface area contributed by atoms with E-state index in [1.807, 2.05) is 24.3 Å². The maximum Gasteiger partial charge on any atom is 0.305 e. The number of allylic oxidation sites excluding steroid dienone is 4. The van der Waals surface area contributed by atoms with E-state index in [-0.39, 0.29) is 12.1 Å². The van der Waals surface area contributed by atoms with E-state index in [1.54, 1.807) is 0 Å². The van der Waals surface area contributed by atoms with Crippen LogP contribution in [-0.2, 0) is 9.53 Å². The molecule has 22 heavy (non-hydrogen) atoms. The monoisotopic (exact) mass is 308 g/mol. The number of carbonyl (C=O) groups excluding carboxylic acids is 1. The number of ether oxygens (including phenoxy) is 1. The van der Waals surface area contributed by atoms with Gasteiger partial charge in [-0.1, -0.05) is 62.6 Å². The Hall–Kier alpha value is -1.35. The Labute approximate surface area is 135 Å². The van der Waals surface area contributed by atoms with Gasteiger partial charge in [-0.3, -0.25) is 4.79 Å². The number of unbranched alkanes of at least 4 members (excludes halogenated alkanes) is 5. The SMILES string of the molecule is CCC=CCC(O)C=CC=CCCCCCCCC(=O)OC. The summed E-state index contributed by atoms with van der Waals surface area (Å²) in [5.41, 5.74) is 0. The van der Waals surface area contributed by atoms with Gasteiger partial charge in [0.15, 0.2) is 0 Å². The van der Waals surface area contributed by atoms with Crippen LogP contribution in [0.3, 0.4) is 0 Å². The fourth-order valence-electron chi connectivity index (χ4n) is 2.01. The van der Waals surface area contributed by atoms with Crippen molar-refractivity contribution in [3.63, 3.8) is 0 Å². The van der Waals surface area contributed by atoms with Crippen molar-refractivity contribution in [2.45, 2.75) is 70.8 Å². The van der Waals surface area contributed by atoms with Gasteiger partial charge >= 0.3 is 5.97 Å². The highest BCUT2D eigenvalue weighted by atomic mass is 16.5. The third-order valence-electron chi connectivity index (χ3n) is 3.34. The van der Waals surface area contributed by atoms with E-state index in [0.29, 0.717) is 12.8 Å². The van der Waals surface area contributed by atoms with Crippen LogP contribution >= 0.6 is 0 Å². The maximum absolute atomic E-state index is 10.9. The lowest BCUT2D eigenvalue weighted by Crippen LogP contribution is -1.99. The first-order chi connectivity index (χ1) is 10.7. The number of hydrogen-bond donors (Lipinski definition) is 1. The molecule has 0 fully saturated rings. The molecule has 0 aromatic heterocycles. The summed E-state index contributed by atoms with van der Waals surface area (Å²) in [7, 11) is 1.43. The summed E-state index contributed by atoms with van der Waals surface area (Å²) < 4.78 is 4.60. The standard InChI is InChI=1S/C19H32O3/c1-3-4-12-15-18(20)16-13-10-8-6-5-7-9-11-14-17-19(21)22-2/h4,8,10,12-13,16,18,20H,3,5-7,9,11,14-15,17H2,1-2H3. The normalized spacial score (nSPS) is 13.4. The largest absolute Gasteiger partial charge is 0.469 e. The van der Waals surface area contributed by atoms with Crippen molar-refractivity contribution < 1.29 is 14.6 Å². The minimum Gasteiger partial charge on any atom is -0.469 e. The van der Waals surface area contributed by atoms with Gasteiger partial charge in [-0.25, -0.2) is 0 Å². The van der Waals surface area contributed by atoms with Gasteiger partial charge in [0.2, 0.25) is 0 Å². The Morgan fingerprint density at radius 3 is 2.50 bits per heavy atom. The number of aliphatic hydroxyl groups excluding tert-OH is 1. The zero-order valence-electron chi connectivity index (χ0n) is 14.2. The lowest BCUT2D eigenvalue weighted by Gasteiger charge is -2.00. The van der Waals surface area contributed by atoms with Crippen LogP contribution in [0.1, 0.15) is 64.7 Å². The highest BCUT2D eigenvalue weighted by Crippen LogP contribution is 2.08. The first-order valence-corrected chi connectivity index (χ1v) is 8.44. The van der Waals surface area contributed by atoms with Crippen molar-refractivity contribution in [3.8, 4) is 0 Å². The summed E-state index contributed by atoms with van der Waals surface area (Å²) in [6.45, 7) is 2.08. The minimum atomic E-state index is -0.387. The number of esters is 1. The van der Waals surface area contributed by atoms with Crippen molar-refractivity contribution in [1.29, 1.82) is 0 Å². The Bertz CT molecular complexity index is 343. The van der Waals surface area contributed by atoms with Crippen LogP contribution in [0.2, 0.25) is 0 Å². The van der Waals surface area contributed by atoms with Crippen LogP contribution < -0.4 is 0 Å². The van der Waals surface area contributed by atoms with Gasteiger partial charge in [0, 0.05) is 6.42 Å². The molecule has 0 amide bonds. The predicted molar refractivity (Wildman–Crippen MR) is 92.7 cm³/mol. The van der Waals surface area contributed by atoms with E-state index in [2.05, 4.69) is 23.8 Å². The second kappa shape index (κ2) is 16.0. The van der Waals surface area contributed by atoms with Gasteiger partial charge in [-0.05, 0) is 32.1 Å². The molecule has 0 bridgehead atoms. The van der Waals surface area contributed by atoms with E-state index in [9.17, 15) is 9.90 Å². The van der Waals surface area contributed by atoms with Crippen LogP contribution in [0.4, 0.5) is 0 Å². The van der Waals surface area contributed by atoms with Crippen LogP contribution in [0.5, 0.6) is 0 Å². The molecule has 0 radical (unpaired) electrons. The van der Waals surface area contributed by atoms with Crippen molar-refractivity contribution in [1.82, 2.24) is 0 Å². The number of hydrogen-bond acceptors (Lipinski definition) is 3. The smallest absolute Gasteiger partial charge is 0.305 e. The predicted octanol–water partition coefficient (Wildman–Crippen LogP) is 4.72. The summed E-state index contributed by atoms with van der Waals surface area (Å²) in [6, 6.07) is 0. The van der Waals surface area contributed by atoms with E-state index >= 15 is 0 Å². The second-order valence-corrected chi connectivity index (χ2v) is 5.38. The Morgan fingerprint density at radius 2 is 1.77 bits per heavy atom. The molecule has 0 aliphatic carbocycles. The fourth-order valence-corrected chi connectivity index (χ4v) is 2.01. The molecule has 126 valence electrons. The quantitative estimate of drug-likeness (QED) is 0.232. The molecule has 1 N–H and O–H groups in total. The highest BCUT2D eigenvalue weighted by Gasteiger charge is 1.98. The van der Waals surface area contributed by atoms with Crippen LogP contribution in [0.15, 0.2) is 36.5 Å². The van der Waals surface area contributed by atoms with Crippen LogP contribution in [0.25, 0.3) is 0 Å². The number of methoxy groups -OCH3 is 1. The summed E-state index contributed by atoms with van der Waals surface area (Å²) in [5, 5.41) is 9.65. The fraction of sp³-hybridized carbons (Fsp3) is 0.632. The van der Waals surface area contributed by atoms with Crippen LogP contribution in [-0.4, -0.2) is 24.3 Å². The zero-order valence-corrected chi connectivity index (χ0v) is 14.2. The van der Waals surface area contributed by atoms with Crippen molar-refractivity contribution in [2.75, 3.05) is 7.11 Å². The zero-order chi connectivity index (χ0) is 16.5. The lowest BCUT2D eigenvalue weighted by atomic mass is 10.1. The topological polar surface area (TPSA) is 46.5 Å². The molecular weight excluding hydrogens is 276 g/mol. The van der Waals surface area contributed by atoms with Gasteiger partial charge in [-0.15, -0.1) is 0 Å². The molecule has 0 heterocycles. The van der Waals surface area contributed by atoms with Gasteiger partial charge < -0.3 is 9.84 Å². The first-order valence-electron chi connectivity index (χ1n) is 8.44. The highest BCUT2D eigenvalue weighted by molar-refractivity contribution is 5.68. The van der Waals surface area contributed by atoms with Crippen molar-refractivity contribution in [3.05, 3.63) is 36.5 Å². The van der Waals surface area contributed by atoms with Crippen molar-refractivity contribution >= 4 is 5.97 Å². The Morgan fingerprint density at radius 1 is 1.05 bits per heavy atom. The van der Waals surface area contributed by atoms with Gasteiger partial charge in [0.25, 0.3) is 0 Å². The molecule has 0 rings (SSSR count). The number of carbonyl (C=O) groups is 1. The second-order valence-electron chi connectivity index (χ2n) is 5.38. The van der Waals surface area contributed by atoms with E-state index in [4.69, 9.17) is 0 Å². The molecule has 0 aromatic rings. The van der Waals surface area contributed by atoms with Gasteiger partial charge in [0.1, 0.15) is 0 Å². The average Bonchev–Trinajstić information content (AvgIpc) is 2.52. The minimum absolute atomic E-state index is 0.109. The molecule has 3 heteroatoms. The molecule has 0 spiro atoms. The molecular formula is C19H32O3.